The Bertz CT molecular complexity index is 710. The molecule has 0 fully saturated rings. The van der Waals surface area contributed by atoms with Crippen LogP contribution < -0.4 is 0 Å². The van der Waals surface area contributed by atoms with Gasteiger partial charge in [-0.3, -0.25) is 4.98 Å². The van der Waals surface area contributed by atoms with Crippen molar-refractivity contribution in [1.82, 2.24) is 4.98 Å². The first-order valence-electron chi connectivity index (χ1n) is 7.24. The third-order valence-corrected chi connectivity index (χ3v) is 5.15. The van der Waals surface area contributed by atoms with E-state index in [1.807, 2.05) is 31.3 Å². The van der Waals surface area contributed by atoms with Gasteiger partial charge in [-0.1, -0.05) is 31.2 Å². The summed E-state index contributed by atoms with van der Waals surface area (Å²) in [6.45, 7) is 3.98. The van der Waals surface area contributed by atoms with Crippen molar-refractivity contribution in [3.8, 4) is 0 Å². The molecule has 21 heavy (non-hydrogen) atoms. The highest BCUT2D eigenvalue weighted by Crippen LogP contribution is 2.34. The molecule has 1 aromatic carbocycles. The molecular weight excluding hydrogens is 278 g/mol. The number of pyridine rings is 1. The second kappa shape index (κ2) is 5.58. The Hall–Kier alpha value is -1.71. The van der Waals surface area contributed by atoms with Crippen LogP contribution in [-0.2, 0) is 18.4 Å². The van der Waals surface area contributed by atoms with Crippen molar-refractivity contribution < 1.29 is 5.11 Å². The molecule has 2 aromatic heterocycles. The van der Waals surface area contributed by atoms with Gasteiger partial charge in [-0.2, -0.15) is 0 Å². The lowest BCUT2D eigenvalue weighted by Gasteiger charge is -2.21. The van der Waals surface area contributed by atoms with E-state index in [0.717, 1.165) is 17.0 Å². The van der Waals surface area contributed by atoms with Crippen LogP contribution in [0.4, 0.5) is 0 Å². The molecule has 108 valence electrons. The summed E-state index contributed by atoms with van der Waals surface area (Å²) in [6.07, 6.45) is 3.42. The normalized spacial score (nSPS) is 14.2. The molecule has 0 bridgehead atoms. The summed E-state index contributed by atoms with van der Waals surface area (Å²) in [5, 5.41) is 12.0. The molecule has 0 aliphatic heterocycles. The molecule has 0 aliphatic carbocycles. The van der Waals surface area contributed by atoms with Crippen LogP contribution in [0.25, 0.3) is 10.1 Å². The van der Waals surface area contributed by atoms with Gasteiger partial charge in [-0.15, -0.1) is 11.3 Å². The smallest absolute Gasteiger partial charge is 0.101 e. The van der Waals surface area contributed by atoms with Gasteiger partial charge in [0.05, 0.1) is 0 Å². The van der Waals surface area contributed by atoms with Gasteiger partial charge in [0.25, 0.3) is 0 Å². The van der Waals surface area contributed by atoms with E-state index < -0.39 is 5.60 Å². The van der Waals surface area contributed by atoms with Gasteiger partial charge in [0.2, 0.25) is 0 Å². The van der Waals surface area contributed by atoms with Gasteiger partial charge in [-0.05, 0) is 42.5 Å². The summed E-state index contributed by atoms with van der Waals surface area (Å²) >= 11 is 1.65. The molecule has 0 saturated carbocycles. The fourth-order valence-corrected chi connectivity index (χ4v) is 3.56. The number of rotatable bonds is 4. The number of aryl methyl sites for hydroxylation is 1. The van der Waals surface area contributed by atoms with Crippen molar-refractivity contribution >= 4 is 21.4 Å². The molecule has 1 atom stereocenters. The molecule has 3 aromatic rings. The molecule has 0 radical (unpaired) electrons. The fraction of sp³-hybridized carbons (Fsp3) is 0.278. The topological polar surface area (TPSA) is 33.1 Å². The second-order valence-corrected chi connectivity index (χ2v) is 6.69. The average molecular weight is 297 g/mol. The van der Waals surface area contributed by atoms with E-state index in [-0.39, 0.29) is 0 Å². The number of hydrogen-bond donors (Lipinski definition) is 1. The van der Waals surface area contributed by atoms with Crippen LogP contribution in [0.5, 0.6) is 0 Å². The lowest BCUT2D eigenvalue weighted by Crippen LogP contribution is -2.23. The van der Waals surface area contributed by atoms with Gasteiger partial charge in [-0.25, -0.2) is 0 Å². The van der Waals surface area contributed by atoms with E-state index in [0.29, 0.717) is 6.42 Å². The number of fused-ring (bicyclic) bond motifs is 1. The van der Waals surface area contributed by atoms with Crippen LogP contribution in [0.15, 0.2) is 48.7 Å². The Kier molecular flexibility index (Phi) is 3.79. The lowest BCUT2D eigenvalue weighted by molar-refractivity contribution is 0.0605. The van der Waals surface area contributed by atoms with Crippen LogP contribution in [0, 0.1) is 0 Å². The van der Waals surface area contributed by atoms with Crippen LogP contribution in [0.1, 0.15) is 30.0 Å². The highest BCUT2D eigenvalue weighted by atomic mass is 32.1. The summed E-state index contributed by atoms with van der Waals surface area (Å²) in [6, 6.07) is 14.4. The first-order valence-corrected chi connectivity index (χ1v) is 8.05. The number of hydrogen-bond acceptors (Lipinski definition) is 3. The summed E-state index contributed by atoms with van der Waals surface area (Å²) in [5.41, 5.74) is 1.26. The number of nitrogens with zero attached hydrogens (tertiary/aromatic N) is 1. The average Bonchev–Trinajstić information content (AvgIpc) is 2.92. The summed E-state index contributed by atoms with van der Waals surface area (Å²) in [4.78, 5) is 5.45. The molecule has 0 amide bonds. The molecule has 1 unspecified atom stereocenters. The molecule has 1 N–H and O–H groups in total. The quantitative estimate of drug-likeness (QED) is 0.778. The number of aromatic nitrogens is 1. The standard InChI is InChI=1S/C18H19NOS/c1-3-13-8-9-15(19-12-13)11-18(2,20)17-10-14-6-4-5-7-16(14)21-17/h4-10,12,20H,3,11H2,1-2H3. The predicted octanol–water partition coefficient (Wildman–Crippen LogP) is 4.31. The minimum Gasteiger partial charge on any atom is -0.384 e. The highest BCUT2D eigenvalue weighted by Gasteiger charge is 2.26. The van der Waals surface area contributed by atoms with Gasteiger partial charge in [0.15, 0.2) is 0 Å². The van der Waals surface area contributed by atoms with E-state index in [1.54, 1.807) is 11.3 Å². The van der Waals surface area contributed by atoms with E-state index >= 15 is 0 Å². The minimum absolute atomic E-state index is 0.532. The van der Waals surface area contributed by atoms with Crippen molar-refractivity contribution in [3.05, 3.63) is 64.8 Å². The van der Waals surface area contributed by atoms with Gasteiger partial charge in [0.1, 0.15) is 5.60 Å². The molecule has 0 spiro atoms. The molecule has 2 heterocycles. The van der Waals surface area contributed by atoms with Gasteiger partial charge < -0.3 is 5.11 Å². The Morgan fingerprint density at radius 2 is 2.00 bits per heavy atom. The van der Waals surface area contributed by atoms with Crippen molar-refractivity contribution in [2.24, 2.45) is 0 Å². The zero-order valence-electron chi connectivity index (χ0n) is 12.3. The summed E-state index contributed by atoms with van der Waals surface area (Å²) in [7, 11) is 0. The van der Waals surface area contributed by atoms with Crippen molar-refractivity contribution in [1.29, 1.82) is 0 Å². The summed E-state index contributed by atoms with van der Waals surface area (Å²) in [5.74, 6) is 0. The SMILES string of the molecule is CCc1ccc(CC(C)(O)c2cc3ccccc3s2)nc1. The van der Waals surface area contributed by atoms with Crippen LogP contribution >= 0.6 is 11.3 Å². The fourth-order valence-electron chi connectivity index (χ4n) is 2.46. The van der Waals surface area contributed by atoms with Crippen molar-refractivity contribution in [2.75, 3.05) is 0 Å². The molecular formula is C18H19NOS. The van der Waals surface area contributed by atoms with Crippen molar-refractivity contribution in [3.63, 3.8) is 0 Å². The maximum absolute atomic E-state index is 10.8. The maximum Gasteiger partial charge on any atom is 0.101 e. The minimum atomic E-state index is -0.885. The molecule has 2 nitrogen and oxygen atoms in total. The zero-order chi connectivity index (χ0) is 14.9. The maximum atomic E-state index is 10.8. The number of thiophene rings is 1. The lowest BCUT2D eigenvalue weighted by atomic mass is 9.97. The Balaban J connectivity index is 1.87. The second-order valence-electron chi connectivity index (χ2n) is 5.61. The third kappa shape index (κ3) is 2.99. The predicted molar refractivity (Wildman–Crippen MR) is 88.7 cm³/mol. The highest BCUT2D eigenvalue weighted by molar-refractivity contribution is 7.19. The Morgan fingerprint density at radius 1 is 1.19 bits per heavy atom. The van der Waals surface area contributed by atoms with Gasteiger partial charge in [0, 0.05) is 27.9 Å². The van der Waals surface area contributed by atoms with Crippen LogP contribution in [0.2, 0.25) is 0 Å². The molecule has 0 saturated heterocycles. The van der Waals surface area contributed by atoms with E-state index in [1.165, 1.54) is 15.6 Å². The van der Waals surface area contributed by atoms with E-state index in [2.05, 4.69) is 36.2 Å². The molecule has 0 aliphatic rings. The van der Waals surface area contributed by atoms with E-state index in [4.69, 9.17) is 0 Å². The summed E-state index contributed by atoms with van der Waals surface area (Å²) < 4.78 is 1.21. The Morgan fingerprint density at radius 3 is 2.67 bits per heavy atom. The largest absolute Gasteiger partial charge is 0.384 e. The zero-order valence-corrected chi connectivity index (χ0v) is 13.2. The van der Waals surface area contributed by atoms with Crippen molar-refractivity contribution in [2.45, 2.75) is 32.3 Å². The van der Waals surface area contributed by atoms with Gasteiger partial charge >= 0.3 is 0 Å². The van der Waals surface area contributed by atoms with E-state index in [9.17, 15) is 5.11 Å². The Labute approximate surface area is 129 Å². The number of aliphatic hydroxyl groups is 1. The molecule has 3 rings (SSSR count). The first-order chi connectivity index (χ1) is 10.1. The third-order valence-electron chi connectivity index (χ3n) is 3.78. The first kappa shape index (κ1) is 14.2. The number of benzene rings is 1. The van der Waals surface area contributed by atoms with Crippen LogP contribution in [-0.4, -0.2) is 10.1 Å². The monoisotopic (exact) mass is 297 g/mol. The van der Waals surface area contributed by atoms with Crippen LogP contribution in [0.3, 0.4) is 0 Å². The molecule has 3 heteroatoms.